The molecule has 0 spiro atoms. The number of nitro groups is 1. The number of hydrogen-bond acceptors (Lipinski definition) is 4. The first-order valence-electron chi connectivity index (χ1n) is 5.64. The van der Waals surface area contributed by atoms with E-state index in [2.05, 4.69) is 0 Å². The lowest BCUT2D eigenvalue weighted by atomic mass is 10.0. The maximum atomic E-state index is 11.1. The highest BCUT2D eigenvalue weighted by Gasteiger charge is 2.16. The van der Waals surface area contributed by atoms with Gasteiger partial charge in [-0.2, -0.15) is 0 Å². The van der Waals surface area contributed by atoms with Crippen LogP contribution in [0.4, 0.5) is 5.69 Å². The van der Waals surface area contributed by atoms with Crippen molar-refractivity contribution in [1.29, 1.82) is 0 Å². The molecule has 0 atom stereocenters. The number of carboxylic acids is 1. The number of carboxylic acid groups (broad SMARTS) is 1. The van der Waals surface area contributed by atoms with Crippen molar-refractivity contribution in [2.45, 2.75) is 13.8 Å². The molecule has 0 saturated carbocycles. The minimum absolute atomic E-state index is 0.104. The maximum absolute atomic E-state index is 11.1. The Morgan fingerprint density at radius 1 is 1.47 bits per heavy atom. The van der Waals surface area contributed by atoms with Crippen LogP contribution in [-0.4, -0.2) is 23.1 Å². The van der Waals surface area contributed by atoms with Crippen LogP contribution in [0.5, 0.6) is 5.75 Å². The third kappa shape index (κ3) is 3.54. The molecule has 102 valence electrons. The molecule has 0 saturated heterocycles. The highest BCUT2D eigenvalue weighted by Crippen LogP contribution is 2.28. The Morgan fingerprint density at radius 3 is 2.53 bits per heavy atom. The number of methoxy groups -OCH3 is 1. The molecule has 1 N–H and O–H groups in total. The molecule has 6 heteroatoms. The van der Waals surface area contributed by atoms with E-state index in [4.69, 9.17) is 9.84 Å². The van der Waals surface area contributed by atoms with E-state index in [9.17, 15) is 14.9 Å². The molecule has 1 aromatic carbocycles. The average Bonchev–Trinajstić information content (AvgIpc) is 2.34. The van der Waals surface area contributed by atoms with Crippen molar-refractivity contribution in [3.8, 4) is 5.75 Å². The van der Waals surface area contributed by atoms with Gasteiger partial charge in [-0.1, -0.05) is 13.8 Å². The normalized spacial score (nSPS) is 11.5. The number of nitrogens with zero attached hydrogens (tertiary/aromatic N) is 1. The topological polar surface area (TPSA) is 89.7 Å². The van der Waals surface area contributed by atoms with Gasteiger partial charge in [0.15, 0.2) is 5.75 Å². The third-order valence-corrected chi connectivity index (χ3v) is 2.59. The van der Waals surface area contributed by atoms with E-state index < -0.39 is 10.9 Å². The highest BCUT2D eigenvalue weighted by molar-refractivity contribution is 5.92. The summed E-state index contributed by atoms with van der Waals surface area (Å²) in [7, 11) is 1.33. The summed E-state index contributed by atoms with van der Waals surface area (Å²) in [6.45, 7) is 3.53. The van der Waals surface area contributed by atoms with Crippen molar-refractivity contribution in [1.82, 2.24) is 0 Å². The third-order valence-electron chi connectivity index (χ3n) is 2.59. The SMILES string of the molecule is COc1cc(/C=C(/C(=O)O)C(C)C)ccc1[N+](=O)[O-]. The molecule has 0 aliphatic rings. The molecule has 0 aliphatic heterocycles. The van der Waals surface area contributed by atoms with E-state index in [1.54, 1.807) is 13.8 Å². The van der Waals surface area contributed by atoms with Gasteiger partial charge < -0.3 is 9.84 Å². The lowest BCUT2D eigenvalue weighted by Crippen LogP contribution is -2.06. The van der Waals surface area contributed by atoms with Crippen LogP contribution in [0.25, 0.3) is 6.08 Å². The smallest absolute Gasteiger partial charge is 0.331 e. The molecule has 0 aromatic heterocycles. The molecule has 0 radical (unpaired) electrons. The van der Waals surface area contributed by atoms with Gasteiger partial charge in [-0.3, -0.25) is 10.1 Å². The van der Waals surface area contributed by atoms with E-state index >= 15 is 0 Å². The van der Waals surface area contributed by atoms with Crippen LogP contribution in [0.2, 0.25) is 0 Å². The Morgan fingerprint density at radius 2 is 2.11 bits per heavy atom. The van der Waals surface area contributed by atoms with Gasteiger partial charge >= 0.3 is 11.7 Å². The van der Waals surface area contributed by atoms with Crippen molar-refractivity contribution < 1.29 is 19.6 Å². The van der Waals surface area contributed by atoms with Gasteiger partial charge in [-0.05, 0) is 29.7 Å². The van der Waals surface area contributed by atoms with Crippen LogP contribution >= 0.6 is 0 Å². The zero-order valence-electron chi connectivity index (χ0n) is 10.9. The molecule has 0 unspecified atom stereocenters. The number of hydrogen-bond donors (Lipinski definition) is 1. The molecule has 0 heterocycles. The molecule has 0 aliphatic carbocycles. The van der Waals surface area contributed by atoms with Crippen LogP contribution in [0.3, 0.4) is 0 Å². The van der Waals surface area contributed by atoms with Crippen LogP contribution in [0, 0.1) is 16.0 Å². The minimum Gasteiger partial charge on any atom is -0.490 e. The second-order valence-electron chi connectivity index (χ2n) is 4.25. The minimum atomic E-state index is -1.01. The number of rotatable bonds is 5. The Balaban J connectivity index is 3.26. The average molecular weight is 265 g/mol. The van der Waals surface area contributed by atoms with Crippen molar-refractivity contribution in [3.63, 3.8) is 0 Å². The van der Waals surface area contributed by atoms with Crippen LogP contribution in [-0.2, 0) is 4.79 Å². The second-order valence-corrected chi connectivity index (χ2v) is 4.25. The fraction of sp³-hybridized carbons (Fsp3) is 0.308. The first kappa shape index (κ1) is 14.7. The van der Waals surface area contributed by atoms with E-state index in [1.165, 1.54) is 31.4 Å². The molecule has 0 fully saturated rings. The largest absolute Gasteiger partial charge is 0.490 e. The van der Waals surface area contributed by atoms with Gasteiger partial charge in [-0.25, -0.2) is 4.79 Å². The van der Waals surface area contributed by atoms with Crippen molar-refractivity contribution in [2.75, 3.05) is 7.11 Å². The lowest BCUT2D eigenvalue weighted by Gasteiger charge is -2.07. The Hall–Kier alpha value is -2.37. The molecular weight excluding hydrogens is 250 g/mol. The van der Waals surface area contributed by atoms with E-state index in [0.29, 0.717) is 5.56 Å². The van der Waals surface area contributed by atoms with Gasteiger partial charge in [0.1, 0.15) is 0 Å². The standard InChI is InChI=1S/C13H15NO5/c1-8(2)10(13(15)16)6-9-4-5-11(14(17)18)12(7-9)19-3/h4-8H,1-3H3,(H,15,16)/b10-6+. The monoisotopic (exact) mass is 265 g/mol. The molecule has 6 nitrogen and oxygen atoms in total. The van der Waals surface area contributed by atoms with E-state index in [1.807, 2.05) is 0 Å². The van der Waals surface area contributed by atoms with Crippen LogP contribution < -0.4 is 4.74 Å². The summed E-state index contributed by atoms with van der Waals surface area (Å²) < 4.78 is 4.93. The second kappa shape index (κ2) is 5.99. The fourth-order valence-corrected chi connectivity index (χ4v) is 1.59. The van der Waals surface area contributed by atoms with Gasteiger partial charge in [0.2, 0.25) is 0 Å². The highest BCUT2D eigenvalue weighted by atomic mass is 16.6. The van der Waals surface area contributed by atoms with Gasteiger partial charge in [-0.15, -0.1) is 0 Å². The van der Waals surface area contributed by atoms with E-state index in [-0.39, 0.29) is 22.9 Å². The first-order valence-corrected chi connectivity index (χ1v) is 5.64. The summed E-state index contributed by atoms with van der Waals surface area (Å²) in [6.07, 6.45) is 1.49. The number of ether oxygens (including phenoxy) is 1. The van der Waals surface area contributed by atoms with Gasteiger partial charge in [0.05, 0.1) is 12.0 Å². The maximum Gasteiger partial charge on any atom is 0.331 e. The molecule has 19 heavy (non-hydrogen) atoms. The number of carbonyl (C=O) groups is 1. The summed E-state index contributed by atoms with van der Waals surface area (Å²) in [6, 6.07) is 4.24. The number of nitro benzene ring substituents is 1. The van der Waals surface area contributed by atoms with Gasteiger partial charge in [0, 0.05) is 11.6 Å². The molecular formula is C13H15NO5. The molecule has 0 amide bonds. The molecule has 0 bridgehead atoms. The quantitative estimate of drug-likeness (QED) is 0.502. The Kier molecular flexibility index (Phi) is 4.63. The summed E-state index contributed by atoms with van der Waals surface area (Å²) >= 11 is 0. The lowest BCUT2D eigenvalue weighted by molar-refractivity contribution is -0.385. The van der Waals surface area contributed by atoms with Crippen LogP contribution in [0.1, 0.15) is 19.4 Å². The fourth-order valence-electron chi connectivity index (χ4n) is 1.59. The Labute approximate surface area is 110 Å². The molecule has 1 rings (SSSR count). The first-order chi connectivity index (χ1) is 8.86. The number of aliphatic carboxylic acids is 1. The zero-order valence-corrected chi connectivity index (χ0v) is 10.9. The van der Waals surface area contributed by atoms with Crippen molar-refractivity contribution in [3.05, 3.63) is 39.4 Å². The Bertz CT molecular complexity index is 534. The predicted molar refractivity (Wildman–Crippen MR) is 70.1 cm³/mol. The van der Waals surface area contributed by atoms with Crippen LogP contribution in [0.15, 0.2) is 23.8 Å². The van der Waals surface area contributed by atoms with Gasteiger partial charge in [0.25, 0.3) is 0 Å². The van der Waals surface area contributed by atoms with Crippen molar-refractivity contribution >= 4 is 17.7 Å². The summed E-state index contributed by atoms with van der Waals surface area (Å²) in [5.41, 5.74) is 0.630. The summed E-state index contributed by atoms with van der Waals surface area (Å²) in [5.74, 6) is -1.06. The number of benzene rings is 1. The summed E-state index contributed by atoms with van der Waals surface area (Å²) in [4.78, 5) is 21.3. The van der Waals surface area contributed by atoms with Crippen molar-refractivity contribution in [2.24, 2.45) is 5.92 Å². The molecule has 1 aromatic rings. The summed E-state index contributed by atoms with van der Waals surface area (Å²) in [5, 5.41) is 19.8. The predicted octanol–water partition coefficient (Wildman–Crippen LogP) is 2.73. The van der Waals surface area contributed by atoms with E-state index in [0.717, 1.165) is 0 Å². The zero-order chi connectivity index (χ0) is 14.6.